The Bertz CT molecular complexity index is 739. The molecule has 0 aliphatic carbocycles. The van der Waals surface area contributed by atoms with Gasteiger partial charge in [-0.15, -0.1) is 12.4 Å². The van der Waals surface area contributed by atoms with E-state index in [9.17, 15) is 4.79 Å². The second-order valence-electron chi connectivity index (χ2n) is 6.63. The first kappa shape index (κ1) is 20.2. The second-order valence-corrected chi connectivity index (χ2v) is 6.63. The summed E-state index contributed by atoms with van der Waals surface area (Å²) >= 11 is 0. The minimum atomic E-state index is -0.0511. The Kier molecular flexibility index (Phi) is 7.03. The van der Waals surface area contributed by atoms with Crippen LogP contribution < -0.4 is 15.8 Å². The lowest BCUT2D eigenvalue weighted by atomic mass is 9.95. The molecule has 2 aromatic rings. The van der Waals surface area contributed by atoms with E-state index in [0.29, 0.717) is 18.0 Å². The molecule has 1 fully saturated rings. The molecule has 0 radical (unpaired) electrons. The molecule has 0 spiro atoms. The van der Waals surface area contributed by atoms with E-state index in [2.05, 4.69) is 22.3 Å². The van der Waals surface area contributed by atoms with Crippen LogP contribution in [0.1, 0.15) is 17.0 Å². The molecule has 5 nitrogen and oxygen atoms in total. The lowest BCUT2D eigenvalue weighted by Crippen LogP contribution is -2.33. The highest BCUT2D eigenvalue weighted by Crippen LogP contribution is 2.27. The van der Waals surface area contributed by atoms with Gasteiger partial charge in [-0.3, -0.25) is 9.69 Å². The van der Waals surface area contributed by atoms with Gasteiger partial charge in [0.2, 0.25) is 5.91 Å². The van der Waals surface area contributed by atoms with Crippen molar-refractivity contribution in [3.63, 3.8) is 0 Å². The summed E-state index contributed by atoms with van der Waals surface area (Å²) in [4.78, 5) is 14.6. The number of amides is 1. The summed E-state index contributed by atoms with van der Waals surface area (Å²) < 4.78 is 5.31. The summed E-state index contributed by atoms with van der Waals surface area (Å²) in [5.41, 5.74) is 9.31. The summed E-state index contributed by atoms with van der Waals surface area (Å²) in [5, 5.41) is 2.95. The van der Waals surface area contributed by atoms with Crippen LogP contribution in [-0.2, 0) is 4.79 Å². The Morgan fingerprint density at radius 1 is 1.23 bits per heavy atom. The number of nitrogens with one attached hydrogen (secondary N) is 1. The van der Waals surface area contributed by atoms with Crippen molar-refractivity contribution in [2.45, 2.75) is 18.9 Å². The number of anilines is 1. The van der Waals surface area contributed by atoms with Crippen LogP contribution in [0.3, 0.4) is 0 Å². The number of rotatable bonds is 5. The van der Waals surface area contributed by atoms with Gasteiger partial charge in [0.15, 0.2) is 0 Å². The maximum absolute atomic E-state index is 12.4. The summed E-state index contributed by atoms with van der Waals surface area (Å²) in [6.45, 7) is 3.83. The third kappa shape index (κ3) is 4.75. The molecule has 0 unspecified atom stereocenters. The van der Waals surface area contributed by atoms with Gasteiger partial charge in [-0.1, -0.05) is 36.4 Å². The molecule has 1 heterocycles. The predicted octanol–water partition coefficient (Wildman–Crippen LogP) is 2.79. The van der Waals surface area contributed by atoms with Crippen LogP contribution in [0.15, 0.2) is 48.5 Å². The summed E-state index contributed by atoms with van der Waals surface area (Å²) in [6.07, 6.45) is 0. The largest absolute Gasteiger partial charge is 0.495 e. The van der Waals surface area contributed by atoms with Crippen molar-refractivity contribution < 1.29 is 9.53 Å². The van der Waals surface area contributed by atoms with Gasteiger partial charge in [0.05, 0.1) is 19.3 Å². The Morgan fingerprint density at radius 3 is 2.65 bits per heavy atom. The van der Waals surface area contributed by atoms with Gasteiger partial charge < -0.3 is 15.8 Å². The normalized spacial score (nSPS) is 19.7. The van der Waals surface area contributed by atoms with Crippen LogP contribution >= 0.6 is 12.4 Å². The molecule has 1 aliphatic rings. The topological polar surface area (TPSA) is 67.6 Å². The molecule has 6 heteroatoms. The molecule has 0 bridgehead atoms. The molecule has 140 valence electrons. The SMILES string of the molecule is COc1ccc(C)cc1NC(=O)CN1C[C@@H](N)[C@H](c2ccccc2)C1.Cl. The van der Waals surface area contributed by atoms with Gasteiger partial charge >= 0.3 is 0 Å². The predicted molar refractivity (Wildman–Crippen MR) is 107 cm³/mol. The van der Waals surface area contributed by atoms with Crippen molar-refractivity contribution in [2.75, 3.05) is 32.1 Å². The lowest BCUT2D eigenvalue weighted by molar-refractivity contribution is -0.117. The number of carbonyl (C=O) groups excluding carboxylic acids is 1. The quantitative estimate of drug-likeness (QED) is 0.843. The van der Waals surface area contributed by atoms with Crippen molar-refractivity contribution in [1.82, 2.24) is 4.90 Å². The highest BCUT2D eigenvalue weighted by atomic mass is 35.5. The zero-order valence-corrected chi connectivity index (χ0v) is 16.0. The molecule has 2 aromatic carbocycles. The van der Waals surface area contributed by atoms with Crippen molar-refractivity contribution in [3.8, 4) is 5.75 Å². The number of aryl methyl sites for hydroxylation is 1. The van der Waals surface area contributed by atoms with Gasteiger partial charge in [-0.25, -0.2) is 0 Å². The lowest BCUT2D eigenvalue weighted by Gasteiger charge is -2.17. The maximum atomic E-state index is 12.4. The molecule has 0 aromatic heterocycles. The smallest absolute Gasteiger partial charge is 0.238 e. The Balaban J connectivity index is 0.00000243. The van der Waals surface area contributed by atoms with Gasteiger partial charge in [0.1, 0.15) is 5.75 Å². The van der Waals surface area contributed by atoms with Crippen LogP contribution in [0.25, 0.3) is 0 Å². The van der Waals surface area contributed by atoms with E-state index in [-0.39, 0.29) is 30.3 Å². The first-order valence-corrected chi connectivity index (χ1v) is 8.54. The molecular formula is C20H26ClN3O2. The number of hydrogen-bond donors (Lipinski definition) is 2. The van der Waals surface area contributed by atoms with Gasteiger partial charge in [-0.2, -0.15) is 0 Å². The number of likely N-dealkylation sites (tertiary alicyclic amines) is 1. The number of methoxy groups -OCH3 is 1. The number of hydrogen-bond acceptors (Lipinski definition) is 4. The van der Waals surface area contributed by atoms with E-state index >= 15 is 0 Å². The van der Waals surface area contributed by atoms with Crippen molar-refractivity contribution >= 4 is 24.0 Å². The van der Waals surface area contributed by atoms with Gasteiger partial charge in [0.25, 0.3) is 0 Å². The fourth-order valence-corrected chi connectivity index (χ4v) is 3.41. The number of ether oxygens (including phenoxy) is 1. The van der Waals surface area contributed by atoms with Crippen molar-refractivity contribution in [3.05, 3.63) is 59.7 Å². The monoisotopic (exact) mass is 375 g/mol. The van der Waals surface area contributed by atoms with Gasteiger partial charge in [0, 0.05) is 25.0 Å². The average molecular weight is 376 g/mol. The number of nitrogens with zero attached hydrogens (tertiary/aromatic N) is 1. The number of halogens is 1. The third-order valence-electron chi connectivity index (χ3n) is 4.66. The minimum Gasteiger partial charge on any atom is -0.495 e. The van der Waals surface area contributed by atoms with Crippen LogP contribution in [0.5, 0.6) is 5.75 Å². The fourth-order valence-electron chi connectivity index (χ4n) is 3.41. The van der Waals surface area contributed by atoms with Crippen molar-refractivity contribution in [2.24, 2.45) is 5.73 Å². The van der Waals surface area contributed by atoms with Crippen molar-refractivity contribution in [1.29, 1.82) is 0 Å². The van der Waals surface area contributed by atoms with E-state index in [1.54, 1.807) is 7.11 Å². The van der Waals surface area contributed by atoms with Crippen LogP contribution in [-0.4, -0.2) is 43.6 Å². The molecular weight excluding hydrogens is 350 g/mol. The Labute approximate surface area is 160 Å². The molecule has 3 N–H and O–H groups in total. The fraction of sp³-hybridized carbons (Fsp3) is 0.350. The number of carbonyl (C=O) groups is 1. The van der Waals surface area contributed by atoms with Crippen LogP contribution in [0.2, 0.25) is 0 Å². The Hall–Kier alpha value is -2.08. The van der Waals surface area contributed by atoms with Crippen LogP contribution in [0, 0.1) is 6.92 Å². The zero-order chi connectivity index (χ0) is 17.8. The third-order valence-corrected chi connectivity index (χ3v) is 4.66. The Morgan fingerprint density at radius 2 is 1.96 bits per heavy atom. The molecule has 0 saturated carbocycles. The second kappa shape index (κ2) is 9.03. The number of benzene rings is 2. The number of nitrogens with two attached hydrogens (primary N) is 1. The minimum absolute atomic E-state index is 0. The highest BCUT2D eigenvalue weighted by molar-refractivity contribution is 5.93. The first-order valence-electron chi connectivity index (χ1n) is 8.54. The summed E-state index contributed by atoms with van der Waals surface area (Å²) in [7, 11) is 1.60. The van der Waals surface area contributed by atoms with E-state index in [4.69, 9.17) is 10.5 Å². The molecule has 1 aliphatic heterocycles. The molecule has 26 heavy (non-hydrogen) atoms. The standard InChI is InChI=1S/C20H25N3O2.ClH/c1-14-8-9-19(25-2)18(10-14)22-20(24)13-23-11-16(17(21)12-23)15-6-4-3-5-7-15;/h3-10,16-17H,11-13,21H2,1-2H3,(H,22,24);1H/t16-,17+;/m0./s1. The molecule has 3 rings (SSSR count). The van der Waals surface area contributed by atoms with E-state index in [1.807, 2.05) is 43.3 Å². The van der Waals surface area contributed by atoms with E-state index < -0.39 is 0 Å². The molecule has 1 amide bonds. The average Bonchev–Trinajstić information content (AvgIpc) is 2.96. The van der Waals surface area contributed by atoms with Gasteiger partial charge in [-0.05, 0) is 30.2 Å². The summed E-state index contributed by atoms with van der Waals surface area (Å²) in [5.74, 6) is 0.881. The highest BCUT2D eigenvalue weighted by Gasteiger charge is 2.32. The zero-order valence-electron chi connectivity index (χ0n) is 15.1. The molecule has 2 atom stereocenters. The summed E-state index contributed by atoms with van der Waals surface area (Å²) in [6, 6.07) is 16.0. The molecule has 1 saturated heterocycles. The van der Waals surface area contributed by atoms with Crippen LogP contribution in [0.4, 0.5) is 5.69 Å². The maximum Gasteiger partial charge on any atom is 0.238 e. The first-order chi connectivity index (χ1) is 12.1. The van der Waals surface area contributed by atoms with E-state index in [1.165, 1.54) is 5.56 Å². The van der Waals surface area contributed by atoms with E-state index in [0.717, 1.165) is 18.7 Å².